The Bertz CT molecular complexity index is 194. The third-order valence-electron chi connectivity index (χ3n) is 2.27. The molecule has 0 spiro atoms. The number of thiocarbonyl (C=S) groups is 1. The fourth-order valence-electron chi connectivity index (χ4n) is 1.26. The maximum Gasteiger partial charge on any atom is 0.0740 e. The van der Waals surface area contributed by atoms with Crippen LogP contribution in [-0.2, 0) is 14.2 Å². The molecular weight excluding hydrogens is 240 g/mol. The second-order valence-electron chi connectivity index (χ2n) is 3.66. The highest BCUT2D eigenvalue weighted by Gasteiger charge is 2.05. The number of nitrogens with zero attached hydrogens (tertiary/aromatic N) is 1. The van der Waals surface area contributed by atoms with Crippen LogP contribution in [0.1, 0.15) is 6.42 Å². The van der Waals surface area contributed by atoms with Crippen LogP contribution in [0.5, 0.6) is 0 Å². The minimum Gasteiger partial charge on any atom is -0.393 e. The Balaban J connectivity index is 3.64. The van der Waals surface area contributed by atoms with Crippen molar-refractivity contribution in [3.63, 3.8) is 0 Å². The highest BCUT2D eigenvalue weighted by Crippen LogP contribution is 1.93. The van der Waals surface area contributed by atoms with Gasteiger partial charge in [-0.3, -0.25) is 4.90 Å². The maximum absolute atomic E-state index is 5.49. The minimum atomic E-state index is 0.549. The molecule has 0 fully saturated rings. The van der Waals surface area contributed by atoms with Crippen molar-refractivity contribution in [2.75, 3.05) is 60.3 Å². The van der Waals surface area contributed by atoms with Crippen LogP contribution >= 0.6 is 12.2 Å². The molecule has 5 nitrogen and oxygen atoms in total. The molecule has 0 aliphatic rings. The molecule has 0 atom stereocenters. The smallest absolute Gasteiger partial charge is 0.0740 e. The highest BCUT2D eigenvalue weighted by atomic mass is 32.1. The van der Waals surface area contributed by atoms with Crippen LogP contribution in [0.3, 0.4) is 0 Å². The lowest BCUT2D eigenvalue weighted by Crippen LogP contribution is -2.33. The lowest BCUT2D eigenvalue weighted by molar-refractivity contribution is 0.0527. The molecule has 0 aliphatic carbocycles. The predicted molar refractivity (Wildman–Crippen MR) is 72.4 cm³/mol. The lowest BCUT2D eigenvalue weighted by Gasteiger charge is -2.21. The zero-order valence-electron chi connectivity index (χ0n) is 10.8. The lowest BCUT2D eigenvalue weighted by atomic mass is 10.3. The van der Waals surface area contributed by atoms with E-state index in [1.54, 1.807) is 14.2 Å². The van der Waals surface area contributed by atoms with Crippen LogP contribution in [0.25, 0.3) is 0 Å². The molecule has 0 heterocycles. The summed E-state index contributed by atoms with van der Waals surface area (Å²) >= 11 is 4.87. The molecular formula is C11H24N2O3S. The van der Waals surface area contributed by atoms with Crippen LogP contribution in [0.15, 0.2) is 0 Å². The Morgan fingerprint density at radius 1 is 1.00 bits per heavy atom. The third-order valence-corrected chi connectivity index (χ3v) is 2.47. The summed E-state index contributed by atoms with van der Waals surface area (Å²) in [5, 5.41) is 0. The van der Waals surface area contributed by atoms with E-state index in [-0.39, 0.29) is 0 Å². The summed E-state index contributed by atoms with van der Waals surface area (Å²) < 4.78 is 15.4. The van der Waals surface area contributed by atoms with Gasteiger partial charge in [0, 0.05) is 40.3 Å². The molecule has 0 unspecified atom stereocenters. The Kier molecular flexibility index (Phi) is 12.0. The molecule has 0 aromatic carbocycles. The van der Waals surface area contributed by atoms with Gasteiger partial charge in [0.05, 0.1) is 31.4 Å². The van der Waals surface area contributed by atoms with Crippen molar-refractivity contribution < 1.29 is 14.2 Å². The molecule has 0 aromatic heterocycles. The predicted octanol–water partition coefficient (Wildman–Crippen LogP) is 0.274. The molecule has 0 saturated carbocycles. The van der Waals surface area contributed by atoms with Crippen LogP contribution in [0, 0.1) is 0 Å². The van der Waals surface area contributed by atoms with Crippen molar-refractivity contribution >= 4 is 17.2 Å². The fourth-order valence-corrected chi connectivity index (χ4v) is 1.35. The monoisotopic (exact) mass is 264 g/mol. The zero-order chi connectivity index (χ0) is 12.9. The van der Waals surface area contributed by atoms with Gasteiger partial charge in [-0.1, -0.05) is 12.2 Å². The minimum absolute atomic E-state index is 0.549. The Morgan fingerprint density at radius 2 is 1.65 bits per heavy atom. The summed E-state index contributed by atoms with van der Waals surface area (Å²) in [6, 6.07) is 0. The van der Waals surface area contributed by atoms with Gasteiger partial charge in [0.2, 0.25) is 0 Å². The summed E-state index contributed by atoms with van der Waals surface area (Å²) in [5.41, 5.74) is 5.49. The number of ether oxygens (including phenoxy) is 3. The Hall–Kier alpha value is -0.270. The van der Waals surface area contributed by atoms with E-state index < -0.39 is 0 Å². The average Bonchev–Trinajstić information content (AvgIpc) is 2.31. The van der Waals surface area contributed by atoms with E-state index in [1.807, 2.05) is 0 Å². The van der Waals surface area contributed by atoms with Crippen LogP contribution in [0.4, 0.5) is 0 Å². The second-order valence-corrected chi connectivity index (χ2v) is 4.18. The maximum atomic E-state index is 5.49. The van der Waals surface area contributed by atoms with Gasteiger partial charge in [-0.25, -0.2) is 0 Å². The first kappa shape index (κ1) is 16.7. The number of rotatable bonds is 12. The Morgan fingerprint density at radius 3 is 2.24 bits per heavy atom. The number of methoxy groups -OCH3 is 2. The molecule has 17 heavy (non-hydrogen) atoms. The molecule has 0 aromatic rings. The highest BCUT2D eigenvalue weighted by molar-refractivity contribution is 7.80. The molecule has 0 aliphatic heterocycles. The average molecular weight is 264 g/mol. The van der Waals surface area contributed by atoms with Gasteiger partial charge in [0.25, 0.3) is 0 Å². The summed E-state index contributed by atoms with van der Waals surface area (Å²) in [6.07, 6.45) is 0.733. The van der Waals surface area contributed by atoms with Gasteiger partial charge in [0.1, 0.15) is 0 Å². The second kappa shape index (κ2) is 12.2. The van der Waals surface area contributed by atoms with Gasteiger partial charge in [-0.2, -0.15) is 0 Å². The summed E-state index contributed by atoms with van der Waals surface area (Å²) in [6.45, 7) is 5.23. The zero-order valence-corrected chi connectivity index (χ0v) is 11.6. The van der Waals surface area contributed by atoms with E-state index >= 15 is 0 Å². The molecule has 6 heteroatoms. The number of hydrogen-bond donors (Lipinski definition) is 1. The Labute approximate surface area is 109 Å². The normalized spacial score (nSPS) is 11.0. The standard InChI is InChI=1S/C11H24N2O3S/c1-14-7-5-13(4-3-11(12)17)6-8-16-10-9-15-2/h3-10H2,1-2H3,(H2,12,17). The van der Waals surface area contributed by atoms with Crippen LogP contribution < -0.4 is 5.73 Å². The first-order valence-corrected chi connectivity index (χ1v) is 6.17. The van der Waals surface area contributed by atoms with Gasteiger partial charge in [-0.15, -0.1) is 0 Å². The summed E-state index contributed by atoms with van der Waals surface area (Å²) in [4.78, 5) is 2.78. The van der Waals surface area contributed by atoms with Gasteiger partial charge in [0.15, 0.2) is 0 Å². The van der Waals surface area contributed by atoms with Crippen molar-refractivity contribution in [1.82, 2.24) is 4.90 Å². The van der Waals surface area contributed by atoms with E-state index in [4.69, 9.17) is 32.2 Å². The van der Waals surface area contributed by atoms with Gasteiger partial charge in [-0.05, 0) is 0 Å². The number of nitrogens with two attached hydrogens (primary N) is 1. The SMILES string of the molecule is COCCOCCN(CCOC)CCC(N)=S. The summed E-state index contributed by atoms with van der Waals surface area (Å²) in [7, 11) is 3.36. The molecule has 0 bridgehead atoms. The quantitative estimate of drug-likeness (QED) is 0.403. The van der Waals surface area contributed by atoms with E-state index in [0.717, 1.165) is 26.1 Å². The molecule has 0 radical (unpaired) electrons. The molecule has 0 rings (SSSR count). The topological polar surface area (TPSA) is 57.0 Å². The largest absolute Gasteiger partial charge is 0.393 e. The molecule has 0 saturated heterocycles. The third kappa shape index (κ3) is 12.0. The van der Waals surface area contributed by atoms with Crippen molar-refractivity contribution in [2.24, 2.45) is 5.73 Å². The van der Waals surface area contributed by atoms with E-state index in [0.29, 0.717) is 31.4 Å². The van der Waals surface area contributed by atoms with Crippen molar-refractivity contribution in [3.8, 4) is 0 Å². The first-order valence-electron chi connectivity index (χ1n) is 5.77. The van der Waals surface area contributed by atoms with E-state index in [9.17, 15) is 0 Å². The van der Waals surface area contributed by atoms with Crippen LogP contribution in [0.2, 0.25) is 0 Å². The van der Waals surface area contributed by atoms with Gasteiger partial charge >= 0.3 is 0 Å². The van der Waals surface area contributed by atoms with Crippen molar-refractivity contribution in [2.45, 2.75) is 6.42 Å². The van der Waals surface area contributed by atoms with Crippen molar-refractivity contribution in [3.05, 3.63) is 0 Å². The first-order chi connectivity index (χ1) is 8.20. The summed E-state index contributed by atoms with van der Waals surface area (Å²) in [5.74, 6) is 0. The van der Waals surface area contributed by atoms with E-state index in [2.05, 4.69) is 4.90 Å². The fraction of sp³-hybridized carbons (Fsp3) is 0.909. The molecule has 0 amide bonds. The molecule has 102 valence electrons. The van der Waals surface area contributed by atoms with Crippen molar-refractivity contribution in [1.29, 1.82) is 0 Å². The number of hydrogen-bond acceptors (Lipinski definition) is 5. The van der Waals surface area contributed by atoms with Crippen LogP contribution in [-0.4, -0.2) is 70.2 Å². The molecule has 2 N–H and O–H groups in total. The van der Waals surface area contributed by atoms with E-state index in [1.165, 1.54) is 0 Å². The van der Waals surface area contributed by atoms with Gasteiger partial charge < -0.3 is 19.9 Å².